The quantitative estimate of drug-likeness (QED) is 0.686. The number of amides is 1. The second kappa shape index (κ2) is 6.20. The smallest absolute Gasteiger partial charge is 0.256 e. The number of oxazole rings is 1. The SMILES string of the molecule is Cc1nc(SC(C)C(=O)c2ccc3c(c2)CCC(=O)N3)oc1C. The van der Waals surface area contributed by atoms with E-state index in [1.165, 1.54) is 11.8 Å². The number of aryl methyl sites for hydroxylation is 3. The average Bonchev–Trinajstić information content (AvgIpc) is 2.83. The molecular weight excluding hydrogens is 312 g/mol. The Labute approximate surface area is 138 Å². The van der Waals surface area contributed by atoms with Crippen LogP contribution in [-0.2, 0) is 11.2 Å². The number of aromatic nitrogens is 1. The van der Waals surface area contributed by atoms with Gasteiger partial charge < -0.3 is 9.73 Å². The third kappa shape index (κ3) is 3.32. The molecule has 0 saturated heterocycles. The van der Waals surface area contributed by atoms with Crippen molar-refractivity contribution in [3.63, 3.8) is 0 Å². The van der Waals surface area contributed by atoms with E-state index in [0.29, 0.717) is 23.6 Å². The molecule has 0 saturated carbocycles. The van der Waals surface area contributed by atoms with Crippen molar-refractivity contribution in [2.45, 2.75) is 44.1 Å². The molecule has 0 fully saturated rings. The maximum absolute atomic E-state index is 12.6. The van der Waals surface area contributed by atoms with Gasteiger partial charge in [0.05, 0.1) is 10.9 Å². The molecule has 5 nitrogen and oxygen atoms in total. The summed E-state index contributed by atoms with van der Waals surface area (Å²) in [4.78, 5) is 28.3. The first-order valence-corrected chi connectivity index (χ1v) is 8.39. The van der Waals surface area contributed by atoms with Crippen LogP contribution in [0.5, 0.6) is 0 Å². The van der Waals surface area contributed by atoms with Gasteiger partial charge in [0, 0.05) is 17.7 Å². The number of hydrogen-bond donors (Lipinski definition) is 1. The summed E-state index contributed by atoms with van der Waals surface area (Å²) < 4.78 is 5.53. The molecule has 3 rings (SSSR count). The summed E-state index contributed by atoms with van der Waals surface area (Å²) in [5.41, 5.74) is 3.31. The fourth-order valence-corrected chi connectivity index (χ4v) is 3.38. The van der Waals surface area contributed by atoms with Gasteiger partial charge in [0.1, 0.15) is 5.76 Å². The van der Waals surface area contributed by atoms with Gasteiger partial charge in [-0.05, 0) is 51.0 Å². The minimum absolute atomic E-state index is 0.0233. The van der Waals surface area contributed by atoms with Crippen LogP contribution in [0.2, 0.25) is 0 Å². The maximum atomic E-state index is 12.6. The molecule has 1 unspecified atom stereocenters. The Bertz CT molecular complexity index is 763. The predicted octanol–water partition coefficient (Wildman–Crippen LogP) is 3.54. The number of anilines is 1. The monoisotopic (exact) mass is 330 g/mol. The molecule has 2 heterocycles. The van der Waals surface area contributed by atoms with E-state index >= 15 is 0 Å². The minimum atomic E-state index is -0.288. The first-order valence-electron chi connectivity index (χ1n) is 7.51. The van der Waals surface area contributed by atoms with Gasteiger partial charge in [0.2, 0.25) is 5.91 Å². The van der Waals surface area contributed by atoms with Crippen LogP contribution in [0.1, 0.15) is 40.7 Å². The van der Waals surface area contributed by atoms with Crippen molar-refractivity contribution in [2.24, 2.45) is 0 Å². The van der Waals surface area contributed by atoms with Gasteiger partial charge in [-0.1, -0.05) is 11.8 Å². The van der Waals surface area contributed by atoms with Crippen molar-refractivity contribution in [2.75, 3.05) is 5.32 Å². The maximum Gasteiger partial charge on any atom is 0.256 e. The lowest BCUT2D eigenvalue weighted by Gasteiger charge is -2.18. The number of nitrogens with zero attached hydrogens (tertiary/aromatic N) is 1. The summed E-state index contributed by atoms with van der Waals surface area (Å²) in [7, 11) is 0. The lowest BCUT2D eigenvalue weighted by Crippen LogP contribution is -2.20. The Hall–Kier alpha value is -2.08. The van der Waals surface area contributed by atoms with Gasteiger partial charge in [-0.2, -0.15) is 0 Å². The first kappa shape index (κ1) is 15.8. The van der Waals surface area contributed by atoms with Crippen molar-refractivity contribution in [1.29, 1.82) is 0 Å². The fraction of sp³-hybridized carbons (Fsp3) is 0.353. The van der Waals surface area contributed by atoms with E-state index in [1.807, 2.05) is 26.8 Å². The Balaban J connectivity index is 1.75. The van der Waals surface area contributed by atoms with Crippen LogP contribution in [0.3, 0.4) is 0 Å². The van der Waals surface area contributed by atoms with Gasteiger partial charge in [-0.15, -0.1) is 0 Å². The summed E-state index contributed by atoms with van der Waals surface area (Å²) in [5.74, 6) is 0.829. The number of rotatable bonds is 4. The second-order valence-corrected chi connectivity index (χ2v) is 6.96. The van der Waals surface area contributed by atoms with Crippen molar-refractivity contribution >= 4 is 29.1 Å². The van der Waals surface area contributed by atoms with Crippen molar-refractivity contribution in [3.8, 4) is 0 Å². The molecule has 1 amide bonds. The van der Waals surface area contributed by atoms with E-state index in [2.05, 4.69) is 10.3 Å². The molecule has 6 heteroatoms. The van der Waals surface area contributed by atoms with Gasteiger partial charge >= 0.3 is 0 Å². The molecule has 120 valence electrons. The number of nitrogens with one attached hydrogen (secondary N) is 1. The largest absolute Gasteiger partial charge is 0.437 e. The third-order valence-corrected chi connectivity index (χ3v) is 4.88. The molecule has 1 atom stereocenters. The molecule has 1 aliphatic rings. The number of Topliss-reactive ketones (excluding diaryl/α,β-unsaturated/α-hetero) is 1. The van der Waals surface area contributed by atoms with Crippen LogP contribution in [0.25, 0.3) is 0 Å². The summed E-state index contributed by atoms with van der Waals surface area (Å²) in [6.07, 6.45) is 1.13. The van der Waals surface area contributed by atoms with E-state index in [0.717, 1.165) is 22.7 Å². The van der Waals surface area contributed by atoms with Gasteiger partial charge in [0.25, 0.3) is 5.22 Å². The number of carbonyl (C=O) groups excluding carboxylic acids is 2. The van der Waals surface area contributed by atoms with Crippen molar-refractivity contribution in [3.05, 3.63) is 40.8 Å². The minimum Gasteiger partial charge on any atom is -0.437 e. The number of fused-ring (bicyclic) bond motifs is 1. The molecule has 0 spiro atoms. The molecule has 0 radical (unpaired) electrons. The molecule has 1 aromatic heterocycles. The highest BCUT2D eigenvalue weighted by atomic mass is 32.2. The lowest BCUT2D eigenvalue weighted by molar-refractivity contribution is -0.116. The molecule has 1 aliphatic heterocycles. The van der Waals surface area contributed by atoms with E-state index in [-0.39, 0.29) is 16.9 Å². The molecule has 0 aliphatic carbocycles. The number of benzene rings is 1. The van der Waals surface area contributed by atoms with Crippen LogP contribution in [0.15, 0.2) is 27.8 Å². The summed E-state index contributed by atoms with van der Waals surface area (Å²) in [5, 5.41) is 3.05. The molecule has 0 bridgehead atoms. The van der Waals surface area contributed by atoms with Crippen LogP contribution in [0.4, 0.5) is 5.69 Å². The normalized spacial score (nSPS) is 15.0. The highest BCUT2D eigenvalue weighted by molar-refractivity contribution is 8.00. The van der Waals surface area contributed by atoms with Crippen LogP contribution in [0, 0.1) is 13.8 Å². The Kier molecular flexibility index (Phi) is 4.26. The second-order valence-electron chi connectivity index (χ2n) is 5.67. The highest BCUT2D eigenvalue weighted by Gasteiger charge is 2.22. The fourth-order valence-electron chi connectivity index (χ4n) is 2.47. The average molecular weight is 330 g/mol. The molecule has 2 aromatic rings. The highest BCUT2D eigenvalue weighted by Crippen LogP contribution is 2.29. The van der Waals surface area contributed by atoms with E-state index < -0.39 is 0 Å². The third-order valence-electron chi connectivity index (χ3n) is 3.94. The number of ketones is 1. The zero-order valence-electron chi connectivity index (χ0n) is 13.3. The Morgan fingerprint density at radius 2 is 2.13 bits per heavy atom. The lowest BCUT2D eigenvalue weighted by atomic mass is 9.98. The zero-order valence-corrected chi connectivity index (χ0v) is 14.1. The predicted molar refractivity (Wildman–Crippen MR) is 89.0 cm³/mol. The Morgan fingerprint density at radius 1 is 1.35 bits per heavy atom. The standard InChI is InChI=1S/C17H18N2O3S/c1-9-10(2)22-17(18-9)23-11(3)16(21)13-4-6-14-12(8-13)5-7-15(20)19-14/h4,6,8,11H,5,7H2,1-3H3,(H,19,20). The summed E-state index contributed by atoms with van der Waals surface area (Å²) >= 11 is 1.32. The first-order chi connectivity index (χ1) is 10.9. The van der Waals surface area contributed by atoms with Crippen LogP contribution < -0.4 is 5.32 Å². The van der Waals surface area contributed by atoms with Gasteiger partial charge in [-0.25, -0.2) is 4.98 Å². The van der Waals surface area contributed by atoms with E-state index in [1.54, 1.807) is 12.1 Å². The molecular formula is C17H18N2O3S. The van der Waals surface area contributed by atoms with Gasteiger partial charge in [0.15, 0.2) is 5.78 Å². The molecule has 1 aromatic carbocycles. The zero-order chi connectivity index (χ0) is 16.6. The Morgan fingerprint density at radius 3 is 2.83 bits per heavy atom. The van der Waals surface area contributed by atoms with Crippen molar-refractivity contribution in [1.82, 2.24) is 4.98 Å². The van der Waals surface area contributed by atoms with Crippen LogP contribution >= 0.6 is 11.8 Å². The summed E-state index contributed by atoms with van der Waals surface area (Å²) in [6.45, 7) is 5.59. The van der Waals surface area contributed by atoms with Crippen LogP contribution in [-0.4, -0.2) is 21.9 Å². The van der Waals surface area contributed by atoms with Gasteiger partial charge in [-0.3, -0.25) is 9.59 Å². The molecule has 1 N–H and O–H groups in total. The van der Waals surface area contributed by atoms with E-state index in [4.69, 9.17) is 4.42 Å². The number of hydrogen-bond acceptors (Lipinski definition) is 5. The number of carbonyl (C=O) groups is 2. The van der Waals surface area contributed by atoms with Crippen molar-refractivity contribution < 1.29 is 14.0 Å². The topological polar surface area (TPSA) is 72.2 Å². The molecule has 23 heavy (non-hydrogen) atoms. The summed E-state index contributed by atoms with van der Waals surface area (Å²) in [6, 6.07) is 5.44. The number of thioether (sulfide) groups is 1. The van der Waals surface area contributed by atoms with E-state index in [9.17, 15) is 9.59 Å².